The molecule has 0 aliphatic heterocycles. The number of rotatable bonds is 8. The number of anilines is 1. The number of hydrogen-bond acceptors (Lipinski definition) is 4. The number of thioether (sulfide) groups is 1. The molecule has 0 spiro atoms. The average molecular weight is 445 g/mol. The number of fused-ring (bicyclic) bond motifs is 1. The van der Waals surface area contributed by atoms with E-state index in [0.29, 0.717) is 5.76 Å². The van der Waals surface area contributed by atoms with Crippen LogP contribution in [0.5, 0.6) is 0 Å². The molecule has 0 aliphatic rings. The number of nitrogens with one attached hydrogen (secondary N) is 2. The number of aryl methyl sites for hydroxylation is 1. The summed E-state index contributed by atoms with van der Waals surface area (Å²) in [6.07, 6.45) is 0. The Morgan fingerprint density at radius 2 is 1.62 bits per heavy atom. The molecule has 1 unspecified atom stereocenters. The van der Waals surface area contributed by atoms with Crippen molar-refractivity contribution in [1.82, 2.24) is 5.32 Å². The minimum absolute atomic E-state index is 0.134. The summed E-state index contributed by atoms with van der Waals surface area (Å²) in [6, 6.07) is 26.7. The Kier molecular flexibility index (Phi) is 6.92. The van der Waals surface area contributed by atoms with Crippen LogP contribution < -0.4 is 10.6 Å². The third kappa shape index (κ3) is 5.59. The smallest absolute Gasteiger partial charge is 0.234 e. The van der Waals surface area contributed by atoms with E-state index in [9.17, 15) is 9.59 Å². The van der Waals surface area contributed by atoms with Gasteiger partial charge >= 0.3 is 0 Å². The number of benzene rings is 3. The predicted molar refractivity (Wildman–Crippen MR) is 130 cm³/mol. The van der Waals surface area contributed by atoms with Crippen molar-refractivity contribution in [3.05, 3.63) is 102 Å². The lowest BCUT2D eigenvalue weighted by atomic mass is 10.0. The Hall–Kier alpha value is -3.51. The van der Waals surface area contributed by atoms with Gasteiger partial charge in [-0.1, -0.05) is 60.7 Å². The molecule has 0 fully saturated rings. The molecule has 0 aliphatic carbocycles. The molecule has 5 nitrogen and oxygen atoms in total. The molecule has 4 rings (SSSR count). The maximum atomic E-state index is 12.7. The highest BCUT2D eigenvalue weighted by molar-refractivity contribution is 8.00. The van der Waals surface area contributed by atoms with Gasteiger partial charge in [0.1, 0.15) is 17.4 Å². The number of carbonyl (C=O) groups is 2. The van der Waals surface area contributed by atoms with Crippen LogP contribution in [0.1, 0.15) is 22.9 Å². The fourth-order valence-corrected chi connectivity index (χ4v) is 4.10. The number of carbonyl (C=O) groups excluding carboxylic acids is 2. The molecule has 0 bridgehead atoms. The van der Waals surface area contributed by atoms with Gasteiger partial charge in [0.05, 0.1) is 11.5 Å². The van der Waals surface area contributed by atoms with Crippen LogP contribution in [0.25, 0.3) is 11.0 Å². The van der Waals surface area contributed by atoms with Gasteiger partial charge in [0, 0.05) is 11.1 Å². The summed E-state index contributed by atoms with van der Waals surface area (Å²) in [4.78, 5) is 24.9. The number of hydrogen-bond donors (Lipinski definition) is 2. The molecule has 4 aromatic rings. The quantitative estimate of drug-likeness (QED) is 0.386. The van der Waals surface area contributed by atoms with E-state index < -0.39 is 6.04 Å². The highest BCUT2D eigenvalue weighted by Gasteiger charge is 2.21. The molecule has 0 radical (unpaired) electrons. The third-order valence-electron chi connectivity index (χ3n) is 4.94. The van der Waals surface area contributed by atoms with Crippen molar-refractivity contribution < 1.29 is 14.0 Å². The fraction of sp³-hybridized carbons (Fsp3) is 0.154. The molecule has 3 aromatic carbocycles. The van der Waals surface area contributed by atoms with Gasteiger partial charge in [0.15, 0.2) is 0 Å². The average Bonchev–Trinajstić information content (AvgIpc) is 3.22. The molecule has 1 aromatic heterocycles. The Balaban J connectivity index is 1.38. The summed E-state index contributed by atoms with van der Waals surface area (Å²) in [5, 5.41) is 6.90. The lowest BCUT2D eigenvalue weighted by Crippen LogP contribution is -2.31. The maximum Gasteiger partial charge on any atom is 0.234 e. The zero-order valence-corrected chi connectivity index (χ0v) is 18.5. The van der Waals surface area contributed by atoms with Crippen molar-refractivity contribution >= 4 is 40.2 Å². The molecule has 0 saturated heterocycles. The van der Waals surface area contributed by atoms with Gasteiger partial charge < -0.3 is 15.1 Å². The highest BCUT2D eigenvalue weighted by Crippen LogP contribution is 2.28. The lowest BCUT2D eigenvalue weighted by Gasteiger charge is -2.17. The maximum absolute atomic E-state index is 12.7. The summed E-state index contributed by atoms with van der Waals surface area (Å²) in [6.45, 7) is 1.97. The van der Waals surface area contributed by atoms with E-state index in [0.717, 1.165) is 27.8 Å². The highest BCUT2D eigenvalue weighted by atomic mass is 32.2. The molecule has 6 heteroatoms. The molecule has 2 amide bonds. The summed E-state index contributed by atoms with van der Waals surface area (Å²) in [7, 11) is 0. The van der Waals surface area contributed by atoms with Crippen LogP contribution in [-0.4, -0.2) is 23.3 Å². The Morgan fingerprint density at radius 3 is 2.41 bits per heavy atom. The van der Waals surface area contributed by atoms with Crippen molar-refractivity contribution in [1.29, 1.82) is 0 Å². The zero-order chi connectivity index (χ0) is 22.3. The van der Waals surface area contributed by atoms with Crippen molar-refractivity contribution in [2.24, 2.45) is 0 Å². The topological polar surface area (TPSA) is 71.3 Å². The standard InChI is InChI=1S/C26H24N2O3S/c1-18-8-7-12-21(14-18)27-24(29)16-32-17-25(30)28-26(19-9-3-2-4-10-19)23-15-20-11-5-6-13-22(20)31-23/h2-15,26H,16-17H2,1H3,(H,27,29)(H,28,30). The van der Waals surface area contributed by atoms with E-state index in [2.05, 4.69) is 10.6 Å². The molecule has 32 heavy (non-hydrogen) atoms. The first-order valence-electron chi connectivity index (χ1n) is 10.4. The summed E-state index contributed by atoms with van der Waals surface area (Å²) in [5.41, 5.74) is 3.54. The van der Waals surface area contributed by atoms with Crippen LogP contribution in [0.15, 0.2) is 89.3 Å². The molecule has 2 N–H and O–H groups in total. The van der Waals surface area contributed by atoms with Gasteiger partial charge in [-0.05, 0) is 42.3 Å². The first-order valence-corrected chi connectivity index (χ1v) is 11.5. The van der Waals surface area contributed by atoms with Crippen LogP contribution in [-0.2, 0) is 9.59 Å². The second kappa shape index (κ2) is 10.2. The molecular formula is C26H24N2O3S. The molecule has 1 heterocycles. The van der Waals surface area contributed by atoms with Gasteiger partial charge in [0.2, 0.25) is 11.8 Å². The molecule has 1 atom stereocenters. The number of para-hydroxylation sites is 1. The number of furan rings is 1. The van der Waals surface area contributed by atoms with Crippen LogP contribution >= 0.6 is 11.8 Å². The Labute approximate surface area is 191 Å². The van der Waals surface area contributed by atoms with E-state index in [-0.39, 0.29) is 23.3 Å². The van der Waals surface area contributed by atoms with E-state index in [1.165, 1.54) is 11.8 Å². The second-order valence-electron chi connectivity index (χ2n) is 7.51. The van der Waals surface area contributed by atoms with Crippen LogP contribution in [0.2, 0.25) is 0 Å². The van der Waals surface area contributed by atoms with Crippen molar-refractivity contribution in [3.8, 4) is 0 Å². The van der Waals surface area contributed by atoms with Crippen LogP contribution in [0.3, 0.4) is 0 Å². The van der Waals surface area contributed by atoms with Crippen LogP contribution in [0.4, 0.5) is 5.69 Å². The van der Waals surface area contributed by atoms with Crippen LogP contribution in [0, 0.1) is 6.92 Å². The number of amides is 2. The third-order valence-corrected chi connectivity index (χ3v) is 5.87. The Morgan fingerprint density at radius 1 is 0.875 bits per heavy atom. The van der Waals surface area contributed by atoms with Gasteiger partial charge in [0.25, 0.3) is 0 Å². The van der Waals surface area contributed by atoms with E-state index in [1.54, 1.807) is 0 Å². The molecule has 162 valence electrons. The summed E-state index contributed by atoms with van der Waals surface area (Å²) in [5.74, 6) is 0.748. The van der Waals surface area contributed by atoms with Crippen molar-refractivity contribution in [2.75, 3.05) is 16.8 Å². The summed E-state index contributed by atoms with van der Waals surface area (Å²) < 4.78 is 6.02. The first-order chi connectivity index (χ1) is 15.6. The van der Waals surface area contributed by atoms with Crippen molar-refractivity contribution in [3.63, 3.8) is 0 Å². The van der Waals surface area contributed by atoms with Gasteiger partial charge in [-0.25, -0.2) is 0 Å². The van der Waals surface area contributed by atoms with E-state index in [1.807, 2.05) is 91.9 Å². The first kappa shape index (κ1) is 21.7. The molecule has 0 saturated carbocycles. The van der Waals surface area contributed by atoms with E-state index >= 15 is 0 Å². The van der Waals surface area contributed by atoms with Gasteiger partial charge in [-0.2, -0.15) is 0 Å². The second-order valence-corrected chi connectivity index (χ2v) is 8.49. The normalized spacial score (nSPS) is 11.8. The minimum atomic E-state index is -0.405. The zero-order valence-electron chi connectivity index (χ0n) is 17.7. The SMILES string of the molecule is Cc1cccc(NC(=O)CSCC(=O)NC(c2ccccc2)c2cc3ccccc3o2)c1. The Bertz CT molecular complexity index is 1190. The minimum Gasteiger partial charge on any atom is -0.459 e. The van der Waals surface area contributed by atoms with Gasteiger partial charge in [-0.3, -0.25) is 9.59 Å². The molecular weight excluding hydrogens is 420 g/mol. The van der Waals surface area contributed by atoms with Gasteiger partial charge in [-0.15, -0.1) is 11.8 Å². The monoisotopic (exact) mass is 444 g/mol. The van der Waals surface area contributed by atoms with E-state index in [4.69, 9.17) is 4.42 Å². The van der Waals surface area contributed by atoms with Crippen molar-refractivity contribution in [2.45, 2.75) is 13.0 Å². The predicted octanol–water partition coefficient (Wildman–Crippen LogP) is 5.32. The fourth-order valence-electron chi connectivity index (χ4n) is 3.47. The summed E-state index contributed by atoms with van der Waals surface area (Å²) >= 11 is 1.28. The lowest BCUT2D eigenvalue weighted by molar-refractivity contribution is -0.119. The largest absolute Gasteiger partial charge is 0.459 e.